The van der Waals surface area contributed by atoms with Crippen LogP contribution in [0.5, 0.6) is 0 Å². The molecule has 0 saturated carbocycles. The molecule has 0 fully saturated rings. The van der Waals surface area contributed by atoms with Crippen LogP contribution in [0.4, 0.5) is 0 Å². The maximum Gasteiger partial charge on any atom is 0.472 e. The normalized spacial score (nSPS) is 14.2. The van der Waals surface area contributed by atoms with Gasteiger partial charge in [-0.1, -0.05) is 382 Å². The van der Waals surface area contributed by atoms with Gasteiger partial charge in [-0.15, -0.1) is 0 Å². The first kappa shape index (κ1) is 99.1. The van der Waals surface area contributed by atoms with E-state index in [-0.39, 0.29) is 25.7 Å². The number of unbranched alkanes of at least 4 members (excludes halogenated alkanes) is 50. The number of hydrogen-bond acceptors (Lipinski definition) is 15. The maximum absolute atomic E-state index is 13.1. The highest BCUT2D eigenvalue weighted by atomic mass is 31.2. The largest absolute Gasteiger partial charge is 0.472 e. The Kier molecular flexibility index (Phi) is 72.2. The molecule has 0 aliphatic heterocycles. The molecule has 17 nitrogen and oxygen atoms in total. The van der Waals surface area contributed by atoms with Gasteiger partial charge in [0, 0.05) is 25.7 Å². The topological polar surface area (TPSA) is 237 Å². The number of aliphatic hydroxyl groups is 1. The Morgan fingerprint density at radius 3 is 0.752 bits per heavy atom. The molecule has 0 bridgehead atoms. The van der Waals surface area contributed by atoms with E-state index in [1.807, 2.05) is 0 Å². The molecule has 0 aliphatic carbocycles. The number of carbonyl (C=O) groups excluding carboxylic acids is 4. The summed E-state index contributed by atoms with van der Waals surface area (Å²) >= 11 is 0. The molecule has 0 rings (SSSR count). The Hall–Kier alpha value is -1.94. The van der Waals surface area contributed by atoms with Crippen molar-refractivity contribution in [2.45, 2.75) is 452 Å². The monoisotopic (exact) mass is 1480 g/mol. The van der Waals surface area contributed by atoms with Crippen molar-refractivity contribution in [2.75, 3.05) is 39.6 Å². The van der Waals surface area contributed by atoms with Crippen LogP contribution >= 0.6 is 15.6 Å². The van der Waals surface area contributed by atoms with Crippen molar-refractivity contribution >= 4 is 39.5 Å². The Labute approximate surface area is 619 Å². The summed E-state index contributed by atoms with van der Waals surface area (Å²) in [6.45, 7) is 9.69. The zero-order chi connectivity index (χ0) is 74.2. The predicted molar refractivity (Wildman–Crippen MR) is 414 cm³/mol. The second kappa shape index (κ2) is 73.6. The Balaban J connectivity index is 5.18. The first-order valence-electron chi connectivity index (χ1n) is 42.5. The molecular formula is C82H160O17P2. The van der Waals surface area contributed by atoms with Crippen LogP contribution in [-0.2, 0) is 65.4 Å². The third kappa shape index (κ3) is 74.7. The molecule has 0 spiro atoms. The van der Waals surface area contributed by atoms with Gasteiger partial charge < -0.3 is 33.8 Å². The molecule has 3 unspecified atom stereocenters. The number of rotatable bonds is 81. The number of carbonyl (C=O) groups is 4. The second-order valence-electron chi connectivity index (χ2n) is 30.2. The van der Waals surface area contributed by atoms with Crippen molar-refractivity contribution in [3.05, 3.63) is 0 Å². The van der Waals surface area contributed by atoms with Crippen LogP contribution in [-0.4, -0.2) is 96.7 Å². The van der Waals surface area contributed by atoms with Crippen LogP contribution in [0.15, 0.2) is 0 Å². The first-order chi connectivity index (χ1) is 48.9. The summed E-state index contributed by atoms with van der Waals surface area (Å²) in [6, 6.07) is 0. The van der Waals surface area contributed by atoms with Gasteiger partial charge in [-0.25, -0.2) is 9.13 Å². The third-order valence-electron chi connectivity index (χ3n) is 19.6. The summed E-state index contributed by atoms with van der Waals surface area (Å²) in [5.74, 6) is -0.461. The van der Waals surface area contributed by atoms with E-state index < -0.39 is 97.5 Å². The first-order valence-corrected chi connectivity index (χ1v) is 45.5. The number of hydrogen-bond donors (Lipinski definition) is 3. The van der Waals surface area contributed by atoms with Gasteiger partial charge in [-0.05, 0) is 37.5 Å². The van der Waals surface area contributed by atoms with Gasteiger partial charge in [0.15, 0.2) is 12.2 Å². The summed E-state index contributed by atoms with van der Waals surface area (Å²) in [4.78, 5) is 73.0. The zero-order valence-corrected chi connectivity index (χ0v) is 68.0. The van der Waals surface area contributed by atoms with Gasteiger partial charge in [0.2, 0.25) is 0 Å². The SMILES string of the molecule is CCCCCCCCCCCCCCCCCCC(=O)OC[C@H](COP(=O)(O)OC[C@@H](O)COP(=O)(O)OC[C@@H](COC(=O)CCCCCCCCCC)OC(=O)CCCCCCCCCCCCCCC(C)C)OC(=O)CCCCCCCCCCCCCCCCCCCCC(C)CC. The molecule has 6 atom stereocenters. The van der Waals surface area contributed by atoms with Gasteiger partial charge in [-0.3, -0.25) is 37.3 Å². The maximum atomic E-state index is 13.1. The van der Waals surface area contributed by atoms with E-state index >= 15 is 0 Å². The van der Waals surface area contributed by atoms with Crippen molar-refractivity contribution in [2.24, 2.45) is 11.8 Å². The molecule has 3 N–H and O–H groups in total. The fraction of sp³-hybridized carbons (Fsp3) is 0.951. The average molecular weight is 1480 g/mol. The summed E-state index contributed by atoms with van der Waals surface area (Å²) in [5, 5.41) is 10.6. The van der Waals surface area contributed by atoms with Crippen molar-refractivity contribution in [3.63, 3.8) is 0 Å². The third-order valence-corrected chi connectivity index (χ3v) is 21.5. The lowest BCUT2D eigenvalue weighted by atomic mass is 9.99. The predicted octanol–water partition coefficient (Wildman–Crippen LogP) is 24.7. The lowest BCUT2D eigenvalue weighted by Gasteiger charge is -2.21. The fourth-order valence-corrected chi connectivity index (χ4v) is 14.3. The van der Waals surface area contributed by atoms with Gasteiger partial charge in [0.25, 0.3) is 0 Å². The van der Waals surface area contributed by atoms with E-state index in [0.29, 0.717) is 25.7 Å². The zero-order valence-electron chi connectivity index (χ0n) is 66.2. The summed E-state index contributed by atoms with van der Waals surface area (Å²) in [5.41, 5.74) is 0. The molecule has 19 heteroatoms. The molecule has 0 aliphatic rings. The Morgan fingerprint density at radius 2 is 0.505 bits per heavy atom. The number of esters is 4. The van der Waals surface area contributed by atoms with Crippen LogP contribution in [0.3, 0.4) is 0 Å². The summed E-state index contributed by atoms with van der Waals surface area (Å²) < 4.78 is 68.7. The molecule has 0 heterocycles. The lowest BCUT2D eigenvalue weighted by Crippen LogP contribution is -2.30. The van der Waals surface area contributed by atoms with E-state index in [0.717, 1.165) is 108 Å². The van der Waals surface area contributed by atoms with Crippen LogP contribution in [0.25, 0.3) is 0 Å². The van der Waals surface area contributed by atoms with Crippen LogP contribution < -0.4 is 0 Å². The van der Waals surface area contributed by atoms with Crippen molar-refractivity contribution in [1.82, 2.24) is 0 Å². The molecule has 0 aromatic heterocycles. The number of phosphoric ester groups is 2. The molecule has 101 heavy (non-hydrogen) atoms. The number of phosphoric acid groups is 2. The number of aliphatic hydroxyl groups excluding tert-OH is 1. The summed E-state index contributed by atoms with van der Waals surface area (Å²) in [7, 11) is -9.92. The highest BCUT2D eigenvalue weighted by Crippen LogP contribution is 2.45. The van der Waals surface area contributed by atoms with Crippen molar-refractivity contribution < 1.29 is 80.2 Å². The minimum absolute atomic E-state index is 0.107. The molecule has 0 aromatic carbocycles. The average Bonchev–Trinajstić information content (AvgIpc) is 0.955. The van der Waals surface area contributed by atoms with Crippen molar-refractivity contribution in [3.8, 4) is 0 Å². The molecule has 0 amide bonds. The molecule has 0 aromatic rings. The van der Waals surface area contributed by atoms with Gasteiger partial charge in [0.05, 0.1) is 26.4 Å². The quantitative estimate of drug-likeness (QED) is 0.0222. The standard InChI is InChI=1S/C82H160O17P2/c1-7-10-12-14-16-18-19-20-21-27-30-36-41-47-53-59-65-80(85)93-71-78(99-81(86)66-60-54-48-42-37-31-28-25-23-22-24-26-29-35-40-45-51-57-63-75(6)9-3)73-97-101(90,91)95-69-76(83)68-94-100(88,89)96-72-77(70-92-79(84)64-58-52-46-17-15-13-11-8-2)98-82(87)67-61-55-49-43-38-33-32-34-39-44-50-56-62-74(4)5/h74-78,83H,7-73H2,1-6H3,(H,88,89)(H,90,91)/t75?,76-,77+,78+/m0/s1. The van der Waals surface area contributed by atoms with Gasteiger partial charge in [-0.2, -0.15) is 0 Å². The smallest absolute Gasteiger partial charge is 0.462 e. The van der Waals surface area contributed by atoms with E-state index in [2.05, 4.69) is 41.5 Å². The number of ether oxygens (including phenoxy) is 4. The van der Waals surface area contributed by atoms with Crippen molar-refractivity contribution in [1.29, 1.82) is 0 Å². The van der Waals surface area contributed by atoms with Crippen LogP contribution in [0.2, 0.25) is 0 Å². The molecule has 600 valence electrons. The highest BCUT2D eigenvalue weighted by Gasteiger charge is 2.30. The Bertz CT molecular complexity index is 1940. The van der Waals surface area contributed by atoms with Gasteiger partial charge >= 0.3 is 39.5 Å². The highest BCUT2D eigenvalue weighted by molar-refractivity contribution is 7.47. The van der Waals surface area contributed by atoms with E-state index in [1.165, 1.54) is 244 Å². The van der Waals surface area contributed by atoms with E-state index in [1.54, 1.807) is 0 Å². The minimum Gasteiger partial charge on any atom is -0.462 e. The van der Waals surface area contributed by atoms with E-state index in [4.69, 9.17) is 37.0 Å². The van der Waals surface area contributed by atoms with E-state index in [9.17, 15) is 43.2 Å². The molecular weight excluding hydrogens is 1320 g/mol. The lowest BCUT2D eigenvalue weighted by molar-refractivity contribution is -0.161. The van der Waals surface area contributed by atoms with Crippen LogP contribution in [0, 0.1) is 11.8 Å². The van der Waals surface area contributed by atoms with Gasteiger partial charge in [0.1, 0.15) is 19.3 Å². The fourth-order valence-electron chi connectivity index (χ4n) is 12.7. The Morgan fingerprint density at radius 1 is 0.287 bits per heavy atom. The minimum atomic E-state index is -4.96. The molecule has 0 saturated heterocycles. The molecule has 0 radical (unpaired) electrons. The summed E-state index contributed by atoms with van der Waals surface area (Å²) in [6.07, 6.45) is 63.9. The second-order valence-corrected chi connectivity index (χ2v) is 33.1. The van der Waals surface area contributed by atoms with Crippen LogP contribution in [0.1, 0.15) is 433 Å².